The fourth-order valence-corrected chi connectivity index (χ4v) is 2.65. The van der Waals surface area contributed by atoms with Gasteiger partial charge in [-0.2, -0.15) is 0 Å². The maximum atomic E-state index is 11.9. The molecule has 1 aromatic heterocycles. The fraction of sp³-hybridized carbons (Fsp3) is 0.750. The van der Waals surface area contributed by atoms with Gasteiger partial charge in [0.05, 0.1) is 5.60 Å². The number of rotatable bonds is 7. The van der Waals surface area contributed by atoms with Crippen LogP contribution in [0.15, 0.2) is 0 Å². The van der Waals surface area contributed by atoms with Crippen LogP contribution in [-0.2, 0) is 4.74 Å². The molecule has 1 fully saturated rings. The minimum Gasteiger partial charge on any atom is -0.376 e. The van der Waals surface area contributed by atoms with E-state index in [1.807, 2.05) is 0 Å². The summed E-state index contributed by atoms with van der Waals surface area (Å²) in [5.74, 6) is -0.176. The first-order chi connectivity index (χ1) is 9.19. The molecule has 0 atom stereocenters. The molecule has 0 unspecified atom stereocenters. The van der Waals surface area contributed by atoms with Crippen LogP contribution in [0, 0.1) is 0 Å². The van der Waals surface area contributed by atoms with E-state index in [1.54, 1.807) is 7.11 Å². The molecule has 1 aliphatic carbocycles. The van der Waals surface area contributed by atoms with Crippen molar-refractivity contribution in [2.75, 3.05) is 25.5 Å². The number of carbonyl (C=O) groups excluding carboxylic acids is 1. The Kier molecular flexibility index (Phi) is 4.71. The van der Waals surface area contributed by atoms with Gasteiger partial charge in [0.1, 0.15) is 0 Å². The second-order valence-electron chi connectivity index (χ2n) is 4.76. The summed E-state index contributed by atoms with van der Waals surface area (Å²) >= 11 is 1.28. The Labute approximate surface area is 116 Å². The first-order valence-corrected chi connectivity index (χ1v) is 7.41. The first kappa shape index (κ1) is 14.2. The average molecular weight is 284 g/mol. The van der Waals surface area contributed by atoms with Crippen LogP contribution in [0.1, 0.15) is 42.4 Å². The predicted molar refractivity (Wildman–Crippen MR) is 74.6 cm³/mol. The molecule has 0 aromatic carbocycles. The van der Waals surface area contributed by atoms with Crippen molar-refractivity contribution in [3.05, 3.63) is 5.01 Å². The van der Waals surface area contributed by atoms with Crippen LogP contribution in [0.5, 0.6) is 0 Å². The molecule has 1 amide bonds. The van der Waals surface area contributed by atoms with Crippen LogP contribution >= 0.6 is 11.3 Å². The van der Waals surface area contributed by atoms with Crippen molar-refractivity contribution >= 4 is 22.4 Å². The van der Waals surface area contributed by atoms with Gasteiger partial charge in [-0.3, -0.25) is 4.79 Å². The first-order valence-electron chi connectivity index (χ1n) is 6.60. The summed E-state index contributed by atoms with van der Waals surface area (Å²) in [4.78, 5) is 11.9. The number of hydrogen-bond acceptors (Lipinski definition) is 6. The Morgan fingerprint density at radius 3 is 2.84 bits per heavy atom. The summed E-state index contributed by atoms with van der Waals surface area (Å²) in [6.07, 6.45) is 4.18. The van der Waals surface area contributed by atoms with E-state index in [2.05, 4.69) is 27.8 Å². The van der Waals surface area contributed by atoms with Crippen molar-refractivity contribution in [1.82, 2.24) is 15.5 Å². The summed E-state index contributed by atoms with van der Waals surface area (Å²) in [5, 5.41) is 14.9. The molecular formula is C12H20N4O2S. The number of ether oxygens (including phenoxy) is 1. The lowest BCUT2D eigenvalue weighted by Gasteiger charge is -2.40. The maximum absolute atomic E-state index is 11.9. The molecule has 0 aliphatic heterocycles. The highest BCUT2D eigenvalue weighted by atomic mass is 32.1. The third kappa shape index (κ3) is 3.42. The van der Waals surface area contributed by atoms with Crippen LogP contribution in [0.2, 0.25) is 0 Å². The smallest absolute Gasteiger partial charge is 0.282 e. The Morgan fingerprint density at radius 1 is 1.47 bits per heavy atom. The molecule has 0 spiro atoms. The standard InChI is InChI=1S/C12H20N4O2S/c1-3-7-13-11-16-15-10(19-11)9(17)14-8-12(18-2)5-4-6-12/h3-8H2,1-2H3,(H,13,16)(H,14,17). The van der Waals surface area contributed by atoms with Crippen molar-refractivity contribution < 1.29 is 9.53 Å². The lowest BCUT2D eigenvalue weighted by Crippen LogP contribution is -2.49. The van der Waals surface area contributed by atoms with Gasteiger partial charge in [0.2, 0.25) is 10.1 Å². The van der Waals surface area contributed by atoms with Crippen LogP contribution in [0.25, 0.3) is 0 Å². The molecule has 2 N–H and O–H groups in total. The normalized spacial score (nSPS) is 16.7. The minimum atomic E-state index is -0.176. The van der Waals surface area contributed by atoms with E-state index in [0.29, 0.717) is 16.7 Å². The predicted octanol–water partition coefficient (Wildman–Crippen LogP) is 1.66. The molecule has 1 saturated carbocycles. The van der Waals surface area contributed by atoms with Crippen molar-refractivity contribution in [2.45, 2.75) is 38.2 Å². The number of anilines is 1. The second-order valence-corrected chi connectivity index (χ2v) is 5.74. The number of nitrogens with zero attached hydrogens (tertiary/aromatic N) is 2. The van der Waals surface area contributed by atoms with E-state index in [0.717, 1.165) is 32.2 Å². The number of hydrogen-bond donors (Lipinski definition) is 2. The topological polar surface area (TPSA) is 76.1 Å². The highest BCUT2D eigenvalue weighted by Gasteiger charge is 2.37. The van der Waals surface area contributed by atoms with Crippen molar-refractivity contribution in [3.8, 4) is 0 Å². The lowest BCUT2D eigenvalue weighted by molar-refractivity contribution is -0.0679. The van der Waals surface area contributed by atoms with Gasteiger partial charge in [0, 0.05) is 20.2 Å². The Bertz CT molecular complexity index is 426. The van der Waals surface area contributed by atoms with E-state index in [-0.39, 0.29) is 11.5 Å². The van der Waals surface area contributed by atoms with Gasteiger partial charge < -0.3 is 15.4 Å². The molecule has 1 aliphatic rings. The summed E-state index contributed by atoms with van der Waals surface area (Å²) in [7, 11) is 1.70. The quantitative estimate of drug-likeness (QED) is 0.796. The highest BCUT2D eigenvalue weighted by Crippen LogP contribution is 2.34. The van der Waals surface area contributed by atoms with Gasteiger partial charge in [-0.25, -0.2) is 0 Å². The van der Waals surface area contributed by atoms with Crippen molar-refractivity contribution in [1.29, 1.82) is 0 Å². The number of carbonyl (C=O) groups is 1. The summed E-state index contributed by atoms with van der Waals surface area (Å²) in [6, 6.07) is 0. The summed E-state index contributed by atoms with van der Waals surface area (Å²) < 4.78 is 5.46. The molecule has 6 nitrogen and oxygen atoms in total. The lowest BCUT2D eigenvalue weighted by atomic mass is 9.80. The van der Waals surface area contributed by atoms with Crippen LogP contribution in [0.3, 0.4) is 0 Å². The van der Waals surface area contributed by atoms with Crippen LogP contribution in [-0.4, -0.2) is 41.9 Å². The SMILES string of the molecule is CCCNc1nnc(C(=O)NCC2(OC)CCC2)s1. The van der Waals surface area contributed by atoms with Crippen molar-refractivity contribution in [3.63, 3.8) is 0 Å². The largest absolute Gasteiger partial charge is 0.376 e. The summed E-state index contributed by atoms with van der Waals surface area (Å²) in [5.41, 5.74) is -0.163. The third-order valence-corrected chi connectivity index (χ3v) is 4.29. The zero-order valence-corrected chi connectivity index (χ0v) is 12.2. The fourth-order valence-electron chi connectivity index (χ4n) is 1.96. The molecule has 0 radical (unpaired) electrons. The molecule has 1 heterocycles. The van der Waals surface area contributed by atoms with E-state index in [1.165, 1.54) is 11.3 Å². The Morgan fingerprint density at radius 2 is 2.26 bits per heavy atom. The number of methoxy groups -OCH3 is 1. The van der Waals surface area contributed by atoms with E-state index in [9.17, 15) is 4.79 Å². The van der Waals surface area contributed by atoms with E-state index < -0.39 is 0 Å². The summed E-state index contributed by atoms with van der Waals surface area (Å²) in [6.45, 7) is 3.45. The minimum absolute atomic E-state index is 0.163. The number of nitrogens with one attached hydrogen (secondary N) is 2. The van der Waals surface area contributed by atoms with Gasteiger partial charge in [0.15, 0.2) is 0 Å². The molecular weight excluding hydrogens is 264 g/mol. The third-order valence-electron chi connectivity index (χ3n) is 3.41. The molecule has 106 valence electrons. The maximum Gasteiger partial charge on any atom is 0.282 e. The Balaban J connectivity index is 1.84. The Hall–Kier alpha value is -1.21. The highest BCUT2D eigenvalue weighted by molar-refractivity contribution is 7.17. The number of aromatic nitrogens is 2. The molecule has 0 saturated heterocycles. The average Bonchev–Trinajstić information content (AvgIpc) is 2.84. The second kappa shape index (κ2) is 6.29. The number of amides is 1. The molecule has 1 aromatic rings. The van der Waals surface area contributed by atoms with Gasteiger partial charge in [-0.15, -0.1) is 10.2 Å². The van der Waals surface area contributed by atoms with E-state index in [4.69, 9.17) is 4.74 Å². The van der Waals surface area contributed by atoms with Gasteiger partial charge >= 0.3 is 0 Å². The monoisotopic (exact) mass is 284 g/mol. The van der Waals surface area contributed by atoms with Gasteiger partial charge in [-0.05, 0) is 25.7 Å². The molecule has 0 bridgehead atoms. The molecule has 7 heteroatoms. The van der Waals surface area contributed by atoms with Crippen LogP contribution < -0.4 is 10.6 Å². The van der Waals surface area contributed by atoms with Gasteiger partial charge in [-0.1, -0.05) is 18.3 Å². The van der Waals surface area contributed by atoms with Crippen molar-refractivity contribution in [2.24, 2.45) is 0 Å². The zero-order valence-electron chi connectivity index (χ0n) is 11.4. The van der Waals surface area contributed by atoms with Gasteiger partial charge in [0.25, 0.3) is 5.91 Å². The molecule has 2 rings (SSSR count). The van der Waals surface area contributed by atoms with E-state index >= 15 is 0 Å². The van der Waals surface area contributed by atoms with Crippen LogP contribution in [0.4, 0.5) is 5.13 Å². The molecule has 19 heavy (non-hydrogen) atoms. The zero-order chi connectivity index (χ0) is 13.7.